The Morgan fingerprint density at radius 3 is 2.14 bits per heavy atom. The number of carbonyl (C=O) groups excluding carboxylic acids is 1. The van der Waals surface area contributed by atoms with Crippen molar-refractivity contribution in [3.63, 3.8) is 0 Å². The summed E-state index contributed by atoms with van der Waals surface area (Å²) in [5.41, 5.74) is 1.74. The van der Waals surface area contributed by atoms with Crippen LogP contribution < -0.4 is 15.0 Å². The number of methoxy groups -OCH3 is 1. The van der Waals surface area contributed by atoms with Crippen LogP contribution in [0.25, 0.3) is 0 Å². The molecule has 0 aliphatic heterocycles. The molecule has 2 aromatic rings. The van der Waals surface area contributed by atoms with E-state index >= 15 is 0 Å². The van der Waals surface area contributed by atoms with E-state index in [-0.39, 0.29) is 22.9 Å². The largest absolute Gasteiger partial charge is 0.497 e. The van der Waals surface area contributed by atoms with Gasteiger partial charge in [-0.3, -0.25) is 4.90 Å². The van der Waals surface area contributed by atoms with Gasteiger partial charge in [0, 0.05) is 11.7 Å². The minimum atomic E-state index is -0.190. The monoisotopic (exact) mass is 400 g/mol. The predicted molar refractivity (Wildman–Crippen MR) is 116 cm³/mol. The second-order valence-corrected chi connectivity index (χ2v) is 9.05. The van der Waals surface area contributed by atoms with Crippen molar-refractivity contribution in [2.24, 2.45) is 16.7 Å². The van der Waals surface area contributed by atoms with Crippen molar-refractivity contribution in [1.29, 1.82) is 0 Å². The molecule has 0 saturated heterocycles. The van der Waals surface area contributed by atoms with E-state index in [0.717, 1.165) is 11.4 Å². The normalized spacial score (nSPS) is 18.2. The van der Waals surface area contributed by atoms with Crippen LogP contribution in [0.3, 0.4) is 0 Å². The number of rotatable bonds is 5. The van der Waals surface area contributed by atoms with Crippen LogP contribution in [0.15, 0.2) is 48.5 Å². The second-order valence-electron chi connectivity index (χ2n) is 8.64. The second kappa shape index (κ2) is 7.32. The summed E-state index contributed by atoms with van der Waals surface area (Å²) in [6.45, 7) is 11.2. The minimum Gasteiger partial charge on any atom is -0.497 e. The fraction of sp³-hybridized carbons (Fsp3) is 0.435. The number of para-hydroxylation sites is 1. The third-order valence-corrected chi connectivity index (χ3v) is 7.04. The highest BCUT2D eigenvalue weighted by molar-refractivity contribution is 6.33. The van der Waals surface area contributed by atoms with E-state index in [4.69, 9.17) is 16.3 Å². The molecule has 0 heterocycles. The first-order valence-electron chi connectivity index (χ1n) is 9.60. The maximum Gasteiger partial charge on any atom is 0.326 e. The molecule has 1 aliphatic carbocycles. The zero-order chi connectivity index (χ0) is 20.7. The molecule has 1 fully saturated rings. The van der Waals surface area contributed by atoms with E-state index in [9.17, 15) is 4.79 Å². The van der Waals surface area contributed by atoms with Crippen LogP contribution in [0.5, 0.6) is 5.75 Å². The highest BCUT2D eigenvalue weighted by Crippen LogP contribution is 2.70. The number of halogens is 1. The Balaban J connectivity index is 1.94. The molecular formula is C23H29ClN2O2. The predicted octanol–water partition coefficient (Wildman–Crippen LogP) is 6.46. The van der Waals surface area contributed by atoms with Crippen LogP contribution in [-0.2, 0) is 0 Å². The average molecular weight is 401 g/mol. The molecule has 4 nitrogen and oxygen atoms in total. The molecule has 0 spiro atoms. The molecule has 0 unspecified atom stereocenters. The number of benzene rings is 2. The highest BCUT2D eigenvalue weighted by atomic mass is 35.5. The van der Waals surface area contributed by atoms with Crippen LogP contribution in [0.2, 0.25) is 5.02 Å². The molecule has 0 bridgehead atoms. The van der Waals surface area contributed by atoms with Crippen molar-refractivity contribution in [3.05, 3.63) is 53.6 Å². The number of amides is 2. The zero-order valence-electron chi connectivity index (χ0n) is 17.4. The molecule has 2 amide bonds. The van der Waals surface area contributed by atoms with Gasteiger partial charge in [0.2, 0.25) is 0 Å². The molecule has 1 atom stereocenters. The Morgan fingerprint density at radius 1 is 1.07 bits per heavy atom. The quantitative estimate of drug-likeness (QED) is 0.625. The molecule has 5 heteroatoms. The fourth-order valence-corrected chi connectivity index (χ4v) is 4.80. The van der Waals surface area contributed by atoms with Gasteiger partial charge in [0.15, 0.2) is 0 Å². The first-order chi connectivity index (χ1) is 13.1. The third kappa shape index (κ3) is 3.46. The SMILES string of the molecule is COc1ccc(N(C(=O)Nc2ccccc2Cl)[C@@H](C)C2C(C)(C)C2(C)C)cc1. The van der Waals surface area contributed by atoms with E-state index in [0.29, 0.717) is 16.6 Å². The summed E-state index contributed by atoms with van der Waals surface area (Å²) in [4.78, 5) is 15.2. The number of nitrogens with zero attached hydrogens (tertiary/aromatic N) is 1. The van der Waals surface area contributed by atoms with Crippen molar-refractivity contribution in [1.82, 2.24) is 0 Å². The van der Waals surface area contributed by atoms with Gasteiger partial charge < -0.3 is 10.1 Å². The number of urea groups is 1. The topological polar surface area (TPSA) is 41.6 Å². The average Bonchev–Trinajstić information content (AvgIpc) is 3.06. The van der Waals surface area contributed by atoms with Gasteiger partial charge >= 0.3 is 6.03 Å². The van der Waals surface area contributed by atoms with Crippen molar-refractivity contribution in [3.8, 4) is 5.75 Å². The Kier molecular flexibility index (Phi) is 5.37. The maximum atomic E-state index is 13.3. The number of hydrogen-bond donors (Lipinski definition) is 1. The van der Waals surface area contributed by atoms with E-state index < -0.39 is 0 Å². The van der Waals surface area contributed by atoms with Crippen LogP contribution in [0.4, 0.5) is 16.2 Å². The Bertz CT molecular complexity index is 847. The van der Waals surface area contributed by atoms with Gasteiger partial charge in [0.05, 0.1) is 17.8 Å². The number of ether oxygens (including phenoxy) is 1. The van der Waals surface area contributed by atoms with Gasteiger partial charge in [-0.25, -0.2) is 4.79 Å². The summed E-state index contributed by atoms with van der Waals surface area (Å²) < 4.78 is 5.27. The molecule has 28 heavy (non-hydrogen) atoms. The lowest BCUT2D eigenvalue weighted by atomic mass is 10.0. The van der Waals surface area contributed by atoms with E-state index in [1.807, 2.05) is 47.4 Å². The van der Waals surface area contributed by atoms with Crippen LogP contribution in [0.1, 0.15) is 34.6 Å². The molecule has 1 saturated carbocycles. The molecule has 3 rings (SSSR count). The van der Waals surface area contributed by atoms with Crippen molar-refractivity contribution in [2.75, 3.05) is 17.3 Å². The zero-order valence-corrected chi connectivity index (χ0v) is 18.2. The minimum absolute atomic E-state index is 0.0147. The summed E-state index contributed by atoms with van der Waals surface area (Å²) in [6, 6.07) is 14.7. The van der Waals surface area contributed by atoms with Crippen LogP contribution >= 0.6 is 11.6 Å². The molecule has 150 valence electrons. The maximum absolute atomic E-state index is 13.3. The third-order valence-electron chi connectivity index (χ3n) is 6.71. The lowest BCUT2D eigenvalue weighted by Gasteiger charge is -2.31. The lowest BCUT2D eigenvalue weighted by molar-refractivity contribution is 0.253. The van der Waals surface area contributed by atoms with Crippen molar-refractivity contribution < 1.29 is 9.53 Å². The van der Waals surface area contributed by atoms with E-state index in [1.165, 1.54) is 0 Å². The van der Waals surface area contributed by atoms with Gasteiger partial charge in [-0.1, -0.05) is 51.4 Å². The van der Waals surface area contributed by atoms with Gasteiger partial charge in [-0.05, 0) is 60.1 Å². The van der Waals surface area contributed by atoms with Crippen molar-refractivity contribution >= 4 is 29.0 Å². The molecule has 1 aliphatic rings. The number of anilines is 2. The lowest BCUT2D eigenvalue weighted by Crippen LogP contribution is -2.44. The Morgan fingerprint density at radius 2 is 1.64 bits per heavy atom. The fourth-order valence-electron chi connectivity index (χ4n) is 4.62. The molecule has 0 aromatic heterocycles. The summed E-state index contributed by atoms with van der Waals surface area (Å²) in [5.74, 6) is 1.13. The molecule has 0 radical (unpaired) electrons. The number of hydrogen-bond acceptors (Lipinski definition) is 2. The van der Waals surface area contributed by atoms with Gasteiger partial charge in [0.1, 0.15) is 5.75 Å². The van der Waals surface area contributed by atoms with Gasteiger partial charge in [-0.2, -0.15) is 0 Å². The Labute approximate surface area is 172 Å². The molecule has 1 N–H and O–H groups in total. The van der Waals surface area contributed by atoms with Gasteiger partial charge in [0.25, 0.3) is 0 Å². The van der Waals surface area contributed by atoms with E-state index in [1.54, 1.807) is 13.2 Å². The van der Waals surface area contributed by atoms with Crippen molar-refractivity contribution in [2.45, 2.75) is 40.7 Å². The molecular weight excluding hydrogens is 372 g/mol. The number of nitrogens with one attached hydrogen (secondary N) is 1. The summed E-state index contributed by atoms with van der Waals surface area (Å²) in [6.07, 6.45) is 0. The summed E-state index contributed by atoms with van der Waals surface area (Å²) in [7, 11) is 1.63. The number of carbonyl (C=O) groups is 1. The summed E-state index contributed by atoms with van der Waals surface area (Å²) in [5, 5.41) is 3.50. The van der Waals surface area contributed by atoms with Gasteiger partial charge in [-0.15, -0.1) is 0 Å². The standard InChI is InChI=1S/C23H29ClN2O2/c1-15(20-22(2,3)23(20,4)5)26(16-11-13-17(28-6)14-12-16)21(27)25-19-10-8-7-9-18(19)24/h7-15,20H,1-6H3,(H,25,27)/t15-/m0/s1. The highest BCUT2D eigenvalue weighted by Gasteiger charge is 2.67. The van der Waals surface area contributed by atoms with Crippen LogP contribution in [0, 0.1) is 16.7 Å². The first kappa shape index (κ1) is 20.5. The molecule has 2 aromatic carbocycles. The smallest absolute Gasteiger partial charge is 0.326 e. The van der Waals surface area contributed by atoms with Crippen LogP contribution in [-0.4, -0.2) is 19.2 Å². The summed E-state index contributed by atoms with van der Waals surface area (Å²) >= 11 is 6.25. The van der Waals surface area contributed by atoms with E-state index in [2.05, 4.69) is 39.9 Å². The first-order valence-corrected chi connectivity index (χ1v) is 9.98. The Hall–Kier alpha value is -2.20.